The number of halogens is 1. The minimum absolute atomic E-state index is 0.126. The molecule has 0 saturated heterocycles. The molecule has 0 radical (unpaired) electrons. The maximum absolute atomic E-state index is 11.2. The average Bonchev–Trinajstić information content (AvgIpc) is 2.59. The van der Waals surface area contributed by atoms with Crippen LogP contribution >= 0.6 is 15.9 Å². The number of carbonyl (C=O) groups is 1. The predicted octanol–water partition coefficient (Wildman–Crippen LogP) is 3.43. The molecule has 1 amide bonds. The van der Waals surface area contributed by atoms with Crippen LogP contribution in [-0.4, -0.2) is 13.0 Å². The van der Waals surface area contributed by atoms with Crippen LogP contribution in [0.25, 0.3) is 6.08 Å². The number of hydrogen-bond donors (Lipinski definition) is 1. The van der Waals surface area contributed by atoms with E-state index in [0.717, 1.165) is 10.0 Å². The number of methoxy groups -OCH3 is 1. The number of nitrogens with zero attached hydrogens (tertiary/aromatic N) is 1. The molecule has 5 nitrogen and oxygen atoms in total. The molecule has 2 aromatic rings. The first-order chi connectivity index (χ1) is 11.5. The van der Waals surface area contributed by atoms with E-state index in [1.165, 1.54) is 6.08 Å². The van der Waals surface area contributed by atoms with Crippen LogP contribution in [0.5, 0.6) is 11.5 Å². The number of nitriles is 1. The Balaban J connectivity index is 2.24. The van der Waals surface area contributed by atoms with E-state index in [1.807, 2.05) is 24.3 Å². The van der Waals surface area contributed by atoms with Crippen LogP contribution in [0.3, 0.4) is 0 Å². The van der Waals surface area contributed by atoms with E-state index in [4.69, 9.17) is 20.5 Å². The Labute approximate surface area is 148 Å². The SMILES string of the molecule is COc1ccc(/C=C(\C#N)C(N)=O)cc1OCc1ccc(Br)cc1. The molecule has 0 unspecified atom stereocenters. The molecule has 2 aromatic carbocycles. The number of rotatable bonds is 6. The summed E-state index contributed by atoms with van der Waals surface area (Å²) in [5.74, 6) is 0.295. The molecule has 0 fully saturated rings. The summed E-state index contributed by atoms with van der Waals surface area (Å²) in [6, 6.07) is 14.6. The Morgan fingerprint density at radius 1 is 1.25 bits per heavy atom. The number of nitrogens with two attached hydrogens (primary N) is 1. The second-order valence-electron chi connectivity index (χ2n) is 4.86. The summed E-state index contributed by atoms with van der Waals surface area (Å²) in [4.78, 5) is 11.2. The normalized spacial score (nSPS) is 10.8. The summed E-state index contributed by atoms with van der Waals surface area (Å²) >= 11 is 3.38. The molecule has 0 aliphatic rings. The van der Waals surface area contributed by atoms with Gasteiger partial charge in [-0.3, -0.25) is 4.79 Å². The number of hydrogen-bond acceptors (Lipinski definition) is 4. The van der Waals surface area contributed by atoms with Gasteiger partial charge in [-0.15, -0.1) is 0 Å². The Hall–Kier alpha value is -2.78. The zero-order valence-electron chi connectivity index (χ0n) is 13.0. The lowest BCUT2D eigenvalue weighted by atomic mass is 10.1. The van der Waals surface area contributed by atoms with Gasteiger partial charge in [0.15, 0.2) is 11.5 Å². The van der Waals surface area contributed by atoms with Gasteiger partial charge in [-0.2, -0.15) is 5.26 Å². The Morgan fingerprint density at radius 2 is 1.96 bits per heavy atom. The molecule has 0 aliphatic heterocycles. The van der Waals surface area contributed by atoms with Crippen LogP contribution < -0.4 is 15.2 Å². The third-order valence-electron chi connectivity index (χ3n) is 3.19. The molecule has 0 heterocycles. The molecule has 0 aromatic heterocycles. The molecule has 6 heteroatoms. The van der Waals surface area contributed by atoms with Crippen LogP contribution in [0.2, 0.25) is 0 Å². The largest absolute Gasteiger partial charge is 0.493 e. The molecular weight excluding hydrogens is 372 g/mol. The summed E-state index contributed by atoms with van der Waals surface area (Å²) < 4.78 is 12.1. The van der Waals surface area contributed by atoms with Crippen molar-refractivity contribution >= 4 is 27.9 Å². The first-order valence-electron chi connectivity index (χ1n) is 7.00. The molecule has 2 N–H and O–H groups in total. The molecule has 0 bridgehead atoms. The fourth-order valence-electron chi connectivity index (χ4n) is 1.96. The van der Waals surface area contributed by atoms with Gasteiger partial charge in [0.2, 0.25) is 0 Å². The highest BCUT2D eigenvalue weighted by molar-refractivity contribution is 9.10. The van der Waals surface area contributed by atoms with Crippen LogP contribution in [0.1, 0.15) is 11.1 Å². The van der Waals surface area contributed by atoms with Crippen LogP contribution in [0, 0.1) is 11.3 Å². The van der Waals surface area contributed by atoms with Gasteiger partial charge in [0.25, 0.3) is 5.91 Å². The van der Waals surface area contributed by atoms with Crippen molar-refractivity contribution in [3.05, 3.63) is 63.6 Å². The summed E-state index contributed by atoms with van der Waals surface area (Å²) in [7, 11) is 1.54. The number of primary amides is 1. The highest BCUT2D eigenvalue weighted by atomic mass is 79.9. The first kappa shape index (κ1) is 17.6. The van der Waals surface area contributed by atoms with Crippen molar-refractivity contribution in [2.75, 3.05) is 7.11 Å². The topological polar surface area (TPSA) is 85.3 Å². The van der Waals surface area contributed by atoms with Gasteiger partial charge in [0.05, 0.1) is 7.11 Å². The van der Waals surface area contributed by atoms with Gasteiger partial charge >= 0.3 is 0 Å². The lowest BCUT2D eigenvalue weighted by Crippen LogP contribution is -2.12. The zero-order chi connectivity index (χ0) is 17.5. The van der Waals surface area contributed by atoms with Crippen LogP contribution in [0.4, 0.5) is 0 Å². The second-order valence-corrected chi connectivity index (χ2v) is 5.78. The number of amides is 1. The molecule has 0 atom stereocenters. The lowest BCUT2D eigenvalue weighted by molar-refractivity contribution is -0.114. The fourth-order valence-corrected chi connectivity index (χ4v) is 2.23. The van der Waals surface area contributed by atoms with Crippen molar-refractivity contribution in [1.29, 1.82) is 5.26 Å². The van der Waals surface area contributed by atoms with Crippen molar-refractivity contribution < 1.29 is 14.3 Å². The Morgan fingerprint density at radius 3 is 2.54 bits per heavy atom. The molecule has 0 aliphatic carbocycles. The fraction of sp³-hybridized carbons (Fsp3) is 0.111. The van der Waals surface area contributed by atoms with Crippen LogP contribution in [-0.2, 0) is 11.4 Å². The van der Waals surface area contributed by atoms with Gasteiger partial charge in [-0.05, 0) is 41.5 Å². The zero-order valence-corrected chi connectivity index (χ0v) is 14.5. The van der Waals surface area contributed by atoms with Crippen LogP contribution in [0.15, 0.2) is 52.5 Å². The number of carbonyl (C=O) groups excluding carboxylic acids is 1. The molecule has 24 heavy (non-hydrogen) atoms. The summed E-state index contributed by atoms with van der Waals surface area (Å²) in [5.41, 5.74) is 6.64. The van der Waals surface area contributed by atoms with E-state index in [2.05, 4.69) is 15.9 Å². The Bertz CT molecular complexity index is 808. The summed E-state index contributed by atoms with van der Waals surface area (Å²) in [5, 5.41) is 8.92. The molecule has 122 valence electrons. The highest BCUT2D eigenvalue weighted by Crippen LogP contribution is 2.29. The third kappa shape index (κ3) is 4.61. The number of ether oxygens (including phenoxy) is 2. The monoisotopic (exact) mass is 386 g/mol. The van der Waals surface area contributed by atoms with Crippen molar-refractivity contribution in [3.8, 4) is 17.6 Å². The lowest BCUT2D eigenvalue weighted by Gasteiger charge is -2.11. The van der Waals surface area contributed by atoms with Crippen molar-refractivity contribution in [2.24, 2.45) is 5.73 Å². The summed E-state index contributed by atoms with van der Waals surface area (Å²) in [6.07, 6.45) is 1.41. The highest BCUT2D eigenvalue weighted by Gasteiger charge is 2.08. The van der Waals surface area contributed by atoms with Crippen molar-refractivity contribution in [1.82, 2.24) is 0 Å². The van der Waals surface area contributed by atoms with Gasteiger partial charge in [0.1, 0.15) is 18.2 Å². The van der Waals surface area contributed by atoms with Gasteiger partial charge < -0.3 is 15.2 Å². The maximum atomic E-state index is 11.2. The smallest absolute Gasteiger partial charge is 0.259 e. The van der Waals surface area contributed by atoms with E-state index in [0.29, 0.717) is 23.7 Å². The average molecular weight is 387 g/mol. The quantitative estimate of drug-likeness (QED) is 0.608. The molecule has 2 rings (SSSR count). The van der Waals surface area contributed by atoms with Crippen molar-refractivity contribution in [3.63, 3.8) is 0 Å². The van der Waals surface area contributed by atoms with E-state index in [9.17, 15) is 4.79 Å². The standard InChI is InChI=1S/C18H15BrN2O3/c1-23-16-7-4-13(8-14(10-20)18(21)22)9-17(16)24-11-12-2-5-15(19)6-3-12/h2-9H,11H2,1H3,(H2,21,22)/b14-8+. The summed E-state index contributed by atoms with van der Waals surface area (Å²) in [6.45, 7) is 0.359. The second kappa shape index (κ2) is 8.18. The Kier molecular flexibility index (Phi) is 5.99. The van der Waals surface area contributed by atoms with Crippen molar-refractivity contribution in [2.45, 2.75) is 6.61 Å². The van der Waals surface area contributed by atoms with E-state index < -0.39 is 5.91 Å². The molecule has 0 saturated carbocycles. The first-order valence-corrected chi connectivity index (χ1v) is 7.79. The van der Waals surface area contributed by atoms with Gasteiger partial charge in [-0.1, -0.05) is 34.1 Å². The number of benzene rings is 2. The third-order valence-corrected chi connectivity index (χ3v) is 3.72. The van der Waals surface area contributed by atoms with Gasteiger partial charge in [0, 0.05) is 4.47 Å². The van der Waals surface area contributed by atoms with E-state index >= 15 is 0 Å². The minimum atomic E-state index is -0.773. The van der Waals surface area contributed by atoms with E-state index in [-0.39, 0.29) is 5.57 Å². The van der Waals surface area contributed by atoms with E-state index in [1.54, 1.807) is 31.4 Å². The van der Waals surface area contributed by atoms with Gasteiger partial charge in [-0.25, -0.2) is 0 Å². The predicted molar refractivity (Wildman–Crippen MR) is 94.3 cm³/mol. The molecular formula is C18H15BrN2O3. The minimum Gasteiger partial charge on any atom is -0.493 e. The molecule has 0 spiro atoms. The maximum Gasteiger partial charge on any atom is 0.259 e.